The molecule has 0 unspecified atom stereocenters. The lowest BCUT2D eigenvalue weighted by atomic mass is 9.45. The number of aromatic nitrogens is 2. The molecule has 0 spiro atoms. The van der Waals surface area contributed by atoms with Gasteiger partial charge in [0.05, 0.1) is 16.8 Å². The first-order chi connectivity index (χ1) is 14.5. The maximum Gasteiger partial charge on any atom is 0.269 e. The van der Waals surface area contributed by atoms with Crippen LogP contribution in [0.2, 0.25) is 0 Å². The molecule has 3 saturated carbocycles. The van der Waals surface area contributed by atoms with E-state index in [2.05, 4.69) is 31.2 Å². The Bertz CT molecular complexity index is 1170. The zero-order valence-corrected chi connectivity index (χ0v) is 19.1. The van der Waals surface area contributed by atoms with Gasteiger partial charge in [0, 0.05) is 23.9 Å². The van der Waals surface area contributed by atoms with Crippen molar-refractivity contribution in [2.45, 2.75) is 51.1 Å². The van der Waals surface area contributed by atoms with Gasteiger partial charge < -0.3 is 5.32 Å². The number of hydrogen-bond donors (Lipinski definition) is 1. The smallest absolute Gasteiger partial charge is 0.269 e. The number of nitrogens with zero attached hydrogens (tertiary/aromatic N) is 2. The summed E-state index contributed by atoms with van der Waals surface area (Å²) in [5, 5.41) is 7.66. The molecule has 31 heavy (non-hydrogen) atoms. The molecule has 8 heteroatoms. The van der Waals surface area contributed by atoms with Crippen molar-refractivity contribution in [1.29, 1.82) is 0 Å². The highest BCUT2D eigenvalue weighted by atomic mass is 32.2. The molecule has 4 atom stereocenters. The predicted octanol–water partition coefficient (Wildman–Crippen LogP) is 3.01. The first kappa shape index (κ1) is 21.7. The topological polar surface area (TPSA) is 98.1 Å². The lowest BCUT2D eigenvalue weighted by Gasteiger charge is -2.62. The molecule has 5 rings (SSSR count). The molecule has 3 aliphatic carbocycles. The van der Waals surface area contributed by atoms with Crippen LogP contribution in [0.3, 0.4) is 0 Å². The fraction of sp³-hybridized carbons (Fsp3) is 0.522. The van der Waals surface area contributed by atoms with Gasteiger partial charge in [-0.05, 0) is 48.1 Å². The zero-order chi connectivity index (χ0) is 22.6. The molecule has 3 aliphatic rings. The molecule has 2 bridgehead atoms. The van der Waals surface area contributed by atoms with Gasteiger partial charge in [-0.2, -0.15) is 5.10 Å². The van der Waals surface area contributed by atoms with Gasteiger partial charge in [0.25, 0.3) is 5.56 Å². The number of nitrogens with one attached hydrogen (secondary N) is 1. The van der Waals surface area contributed by atoms with Crippen LogP contribution in [-0.4, -0.2) is 36.3 Å². The molecular weight excluding hydrogens is 414 g/mol. The van der Waals surface area contributed by atoms with Gasteiger partial charge in [-0.1, -0.05) is 32.9 Å². The number of carbonyl (C=O) groups is 1. The monoisotopic (exact) mass is 443 g/mol. The van der Waals surface area contributed by atoms with Gasteiger partial charge in [0.1, 0.15) is 6.54 Å². The normalized spacial score (nSPS) is 26.7. The van der Waals surface area contributed by atoms with Gasteiger partial charge in [0.2, 0.25) is 0 Å². The molecule has 0 amide bonds. The summed E-state index contributed by atoms with van der Waals surface area (Å²) >= 11 is 0. The number of ketones is 1. The second-order valence-corrected chi connectivity index (χ2v) is 11.7. The molecule has 0 radical (unpaired) electrons. The Balaban J connectivity index is 1.42. The Morgan fingerprint density at radius 1 is 1.23 bits per heavy atom. The Labute approximate surface area is 182 Å². The van der Waals surface area contributed by atoms with E-state index in [0.29, 0.717) is 40.5 Å². The molecule has 0 aliphatic heterocycles. The van der Waals surface area contributed by atoms with Crippen LogP contribution in [0, 0.1) is 23.2 Å². The molecule has 3 fully saturated rings. The third-order valence-corrected chi connectivity index (χ3v) is 8.60. The minimum Gasteiger partial charge on any atom is -0.381 e. The molecule has 7 nitrogen and oxygen atoms in total. The van der Waals surface area contributed by atoms with Crippen LogP contribution in [0.5, 0.6) is 0 Å². The molecule has 2 aromatic rings. The van der Waals surface area contributed by atoms with Gasteiger partial charge in [0.15, 0.2) is 15.6 Å². The van der Waals surface area contributed by atoms with E-state index >= 15 is 0 Å². The van der Waals surface area contributed by atoms with Crippen molar-refractivity contribution in [3.8, 4) is 0 Å². The minimum atomic E-state index is -3.33. The van der Waals surface area contributed by atoms with Crippen molar-refractivity contribution < 1.29 is 13.2 Å². The molecule has 0 saturated heterocycles. The maximum atomic E-state index is 12.5. The number of carbonyl (C=O) groups excluding carboxylic acids is 1. The number of anilines is 1. The van der Waals surface area contributed by atoms with E-state index in [1.165, 1.54) is 36.8 Å². The van der Waals surface area contributed by atoms with Crippen LogP contribution in [-0.2, 0) is 16.4 Å². The quantitative estimate of drug-likeness (QED) is 0.689. The van der Waals surface area contributed by atoms with Crippen LogP contribution in [0.1, 0.15) is 44.0 Å². The van der Waals surface area contributed by atoms with Crippen LogP contribution in [0.15, 0.2) is 46.2 Å². The molecule has 166 valence electrons. The predicted molar refractivity (Wildman–Crippen MR) is 119 cm³/mol. The molecule has 1 heterocycles. The van der Waals surface area contributed by atoms with Crippen LogP contribution in [0.4, 0.5) is 5.69 Å². The van der Waals surface area contributed by atoms with Crippen molar-refractivity contribution >= 4 is 21.3 Å². The van der Waals surface area contributed by atoms with E-state index in [0.717, 1.165) is 17.4 Å². The van der Waals surface area contributed by atoms with Crippen LogP contribution < -0.4 is 10.9 Å². The van der Waals surface area contributed by atoms with Crippen molar-refractivity contribution in [3.63, 3.8) is 0 Å². The zero-order valence-electron chi connectivity index (χ0n) is 18.3. The first-order valence-electron chi connectivity index (χ1n) is 10.6. The Kier molecular flexibility index (Phi) is 5.32. The van der Waals surface area contributed by atoms with E-state index in [4.69, 9.17) is 0 Å². The van der Waals surface area contributed by atoms with Gasteiger partial charge in [-0.25, -0.2) is 13.1 Å². The van der Waals surface area contributed by atoms with E-state index in [1.54, 1.807) is 6.20 Å². The third-order valence-electron chi connectivity index (χ3n) is 7.47. The van der Waals surface area contributed by atoms with Gasteiger partial charge >= 0.3 is 0 Å². The molecule has 1 aromatic carbocycles. The minimum absolute atomic E-state index is 0.146. The molecule has 1 N–H and O–H groups in total. The highest BCUT2D eigenvalue weighted by molar-refractivity contribution is 7.90. The average Bonchev–Trinajstić information content (AvgIpc) is 2.70. The number of rotatable bonds is 6. The Morgan fingerprint density at radius 3 is 2.45 bits per heavy atom. The highest BCUT2D eigenvalue weighted by Gasteiger charge is 2.56. The van der Waals surface area contributed by atoms with Crippen molar-refractivity contribution in [2.24, 2.45) is 23.2 Å². The highest BCUT2D eigenvalue weighted by Crippen LogP contribution is 2.61. The van der Waals surface area contributed by atoms with E-state index in [9.17, 15) is 18.0 Å². The fourth-order valence-electron chi connectivity index (χ4n) is 5.30. The van der Waals surface area contributed by atoms with E-state index in [1.807, 2.05) is 0 Å². The standard InChI is InChI=1S/C23H29N3O4S/c1-14-19-9-16(23(19,2)3)10-20(14)25-17-11-22(28)26(24-12-17)13-21(27)15-5-7-18(8-6-15)31(4,29)30/h5-8,11-12,14,16,19-20,25H,9-10,13H2,1-4H3/t14-,16+,19-,20-/m1/s1. The summed E-state index contributed by atoms with van der Waals surface area (Å²) in [6, 6.07) is 7.51. The summed E-state index contributed by atoms with van der Waals surface area (Å²) in [7, 11) is -3.33. The van der Waals surface area contributed by atoms with Crippen LogP contribution >= 0.6 is 0 Å². The van der Waals surface area contributed by atoms with Gasteiger partial charge in [-0.3, -0.25) is 9.59 Å². The summed E-state index contributed by atoms with van der Waals surface area (Å²) < 4.78 is 24.2. The maximum absolute atomic E-state index is 12.5. The second kappa shape index (κ2) is 7.58. The van der Waals surface area contributed by atoms with Crippen molar-refractivity contribution in [3.05, 3.63) is 52.4 Å². The summed E-state index contributed by atoms with van der Waals surface area (Å²) in [5.41, 5.74) is 1.07. The molecular formula is C23H29N3O4S. The number of fused-ring (bicyclic) bond motifs is 2. The summed E-state index contributed by atoms with van der Waals surface area (Å²) in [6.45, 7) is 6.79. The van der Waals surface area contributed by atoms with E-state index < -0.39 is 9.84 Å². The molecule has 1 aromatic heterocycles. The van der Waals surface area contributed by atoms with Crippen molar-refractivity contribution in [1.82, 2.24) is 9.78 Å². The second-order valence-electron chi connectivity index (χ2n) is 9.67. The Hall–Kier alpha value is -2.48. The largest absolute Gasteiger partial charge is 0.381 e. The van der Waals surface area contributed by atoms with Crippen molar-refractivity contribution in [2.75, 3.05) is 11.6 Å². The van der Waals surface area contributed by atoms with Crippen LogP contribution in [0.25, 0.3) is 0 Å². The third kappa shape index (κ3) is 4.05. The number of Topliss-reactive ketones (excluding diaryl/α,β-unsaturated/α-hetero) is 1. The first-order valence-corrected chi connectivity index (χ1v) is 12.5. The number of hydrogen-bond acceptors (Lipinski definition) is 6. The lowest BCUT2D eigenvalue weighted by molar-refractivity contribution is -0.105. The fourth-order valence-corrected chi connectivity index (χ4v) is 5.93. The van der Waals surface area contributed by atoms with Gasteiger partial charge in [-0.15, -0.1) is 0 Å². The number of sulfone groups is 1. The SMILES string of the molecule is C[C@@H]1[C@H]2C[C@@H](C[C@H]1Nc1cnn(CC(=O)c3ccc(S(C)(=O)=O)cc3)c(=O)c1)C2(C)C. The average molecular weight is 444 g/mol. The van der Waals surface area contributed by atoms with E-state index in [-0.39, 0.29) is 22.8 Å². The summed E-state index contributed by atoms with van der Waals surface area (Å²) in [4.78, 5) is 25.2. The number of benzene rings is 1. The summed E-state index contributed by atoms with van der Waals surface area (Å²) in [6.07, 6.45) is 5.09. The lowest BCUT2D eigenvalue weighted by Crippen LogP contribution is -2.58. The Morgan fingerprint density at radius 2 is 1.90 bits per heavy atom. The summed E-state index contributed by atoms with van der Waals surface area (Å²) in [5.74, 6) is 1.63.